The van der Waals surface area contributed by atoms with Gasteiger partial charge in [0.25, 0.3) is 0 Å². The smallest absolute Gasteiger partial charge is 0.322 e. The van der Waals surface area contributed by atoms with Crippen LogP contribution in [0.25, 0.3) is 0 Å². The number of aliphatic carboxylic acids is 1. The summed E-state index contributed by atoms with van der Waals surface area (Å²) in [5, 5.41) is 9.39. The molecule has 2 atom stereocenters. The molecule has 0 aromatic carbocycles. The van der Waals surface area contributed by atoms with E-state index in [-0.39, 0.29) is 5.92 Å². The second kappa shape index (κ2) is 5.61. The van der Waals surface area contributed by atoms with Crippen LogP contribution in [0.3, 0.4) is 0 Å². The Morgan fingerprint density at radius 2 is 2.12 bits per heavy atom. The Morgan fingerprint density at radius 3 is 2.69 bits per heavy atom. The lowest BCUT2D eigenvalue weighted by Crippen LogP contribution is -2.36. The minimum atomic E-state index is -0.979. The van der Waals surface area contributed by atoms with E-state index in [9.17, 15) is 9.90 Å². The highest BCUT2D eigenvalue weighted by molar-refractivity contribution is 5.79. The molecule has 0 amide bonds. The summed E-state index contributed by atoms with van der Waals surface area (Å²) in [6.07, 6.45) is 16.6. The summed E-state index contributed by atoms with van der Waals surface area (Å²) in [7, 11) is 0. The molecule has 1 aliphatic carbocycles. The first kappa shape index (κ1) is 12.7. The van der Waals surface area contributed by atoms with Crippen molar-refractivity contribution in [1.82, 2.24) is 0 Å². The molecule has 1 saturated carbocycles. The topological polar surface area (TPSA) is 37.3 Å². The van der Waals surface area contributed by atoms with Gasteiger partial charge in [-0.15, -0.1) is 18.8 Å². The fourth-order valence-corrected chi connectivity index (χ4v) is 2.60. The number of hydrogen-bond acceptors (Lipinski definition) is 1. The van der Waals surface area contributed by atoms with Crippen molar-refractivity contribution in [2.24, 2.45) is 11.3 Å². The lowest BCUT2D eigenvalue weighted by atomic mass is 9.70. The average molecular weight is 218 g/mol. The third-order valence-electron chi connectivity index (χ3n) is 3.60. The summed E-state index contributed by atoms with van der Waals surface area (Å²) in [6, 6.07) is 0. The first-order valence-corrected chi connectivity index (χ1v) is 5.82. The molecule has 2 nitrogen and oxygen atoms in total. The van der Waals surface area contributed by atoms with Crippen LogP contribution in [0.1, 0.15) is 44.9 Å². The molecule has 0 saturated heterocycles. The van der Waals surface area contributed by atoms with Crippen molar-refractivity contribution in [1.29, 1.82) is 0 Å². The van der Waals surface area contributed by atoms with Crippen LogP contribution in [0.15, 0.2) is 0 Å². The van der Waals surface area contributed by atoms with Crippen molar-refractivity contribution in [2.45, 2.75) is 44.9 Å². The highest BCUT2D eigenvalue weighted by Gasteiger charge is 2.44. The van der Waals surface area contributed by atoms with Crippen molar-refractivity contribution in [3.05, 3.63) is 0 Å². The molecule has 0 aromatic heterocycles. The fourth-order valence-electron chi connectivity index (χ4n) is 2.60. The highest BCUT2D eigenvalue weighted by atomic mass is 16.4. The molecule has 1 aliphatic rings. The van der Waals surface area contributed by atoms with Gasteiger partial charge in [-0.3, -0.25) is 4.79 Å². The van der Waals surface area contributed by atoms with Crippen molar-refractivity contribution in [2.75, 3.05) is 0 Å². The first-order valence-electron chi connectivity index (χ1n) is 5.82. The standard InChI is InChI=1S/C14H18O2/c1-3-5-9-12-10-7-6-8-11-14(12,4-2)13(15)16/h1-2,12H,5-11H2,(H,15,16)/t12-,14+/m0/s1. The van der Waals surface area contributed by atoms with E-state index in [4.69, 9.17) is 12.8 Å². The first-order chi connectivity index (χ1) is 7.67. The van der Waals surface area contributed by atoms with Gasteiger partial charge in [-0.2, -0.15) is 0 Å². The molecule has 2 heteroatoms. The van der Waals surface area contributed by atoms with Gasteiger partial charge in [0.05, 0.1) is 0 Å². The second-order valence-electron chi connectivity index (χ2n) is 4.46. The van der Waals surface area contributed by atoms with E-state index >= 15 is 0 Å². The Balaban J connectivity index is 2.93. The molecule has 0 spiro atoms. The summed E-state index contributed by atoms with van der Waals surface area (Å²) in [5.41, 5.74) is -0.979. The lowest BCUT2D eigenvalue weighted by Gasteiger charge is -2.30. The number of carboxylic acid groups (broad SMARTS) is 1. The third-order valence-corrected chi connectivity index (χ3v) is 3.60. The Labute approximate surface area is 97.4 Å². The quantitative estimate of drug-likeness (QED) is 0.584. The predicted octanol–water partition coefficient (Wildman–Crippen LogP) is 2.68. The van der Waals surface area contributed by atoms with Crippen LogP contribution in [-0.2, 0) is 4.79 Å². The van der Waals surface area contributed by atoms with Crippen molar-refractivity contribution < 1.29 is 9.90 Å². The normalized spacial score (nSPS) is 29.8. The molecule has 0 aromatic rings. The predicted molar refractivity (Wildman–Crippen MR) is 63.5 cm³/mol. The Morgan fingerprint density at radius 1 is 1.38 bits per heavy atom. The van der Waals surface area contributed by atoms with Crippen molar-refractivity contribution >= 4 is 5.97 Å². The molecule has 1 rings (SSSR count). The summed E-state index contributed by atoms with van der Waals surface area (Å²) in [5.74, 6) is 4.31. The maximum absolute atomic E-state index is 11.4. The zero-order chi connectivity index (χ0) is 12.0. The van der Waals surface area contributed by atoms with E-state index in [0.29, 0.717) is 12.8 Å². The van der Waals surface area contributed by atoms with Gasteiger partial charge in [0.2, 0.25) is 0 Å². The van der Waals surface area contributed by atoms with Crippen molar-refractivity contribution in [3.8, 4) is 24.7 Å². The lowest BCUT2D eigenvalue weighted by molar-refractivity contribution is -0.148. The maximum Gasteiger partial charge on any atom is 0.322 e. The van der Waals surface area contributed by atoms with Gasteiger partial charge in [0.1, 0.15) is 5.41 Å². The molecule has 1 fully saturated rings. The Hall–Kier alpha value is -1.41. The highest BCUT2D eigenvalue weighted by Crippen LogP contribution is 2.42. The molecule has 0 aliphatic heterocycles. The van der Waals surface area contributed by atoms with E-state index < -0.39 is 11.4 Å². The molecule has 0 unspecified atom stereocenters. The summed E-state index contributed by atoms with van der Waals surface area (Å²) in [4.78, 5) is 11.4. The van der Waals surface area contributed by atoms with Gasteiger partial charge in [-0.1, -0.05) is 25.2 Å². The van der Waals surface area contributed by atoms with Crippen molar-refractivity contribution in [3.63, 3.8) is 0 Å². The van der Waals surface area contributed by atoms with Gasteiger partial charge >= 0.3 is 5.97 Å². The zero-order valence-electron chi connectivity index (χ0n) is 9.54. The van der Waals surface area contributed by atoms with Gasteiger partial charge in [-0.25, -0.2) is 0 Å². The third kappa shape index (κ3) is 2.39. The Bertz CT molecular complexity index is 332. The van der Waals surface area contributed by atoms with Gasteiger partial charge < -0.3 is 5.11 Å². The van der Waals surface area contributed by atoms with Gasteiger partial charge in [-0.05, 0) is 25.2 Å². The number of carboxylic acids is 1. The molecule has 0 heterocycles. The molecular formula is C14H18O2. The van der Waals surface area contributed by atoms with Crippen LogP contribution in [-0.4, -0.2) is 11.1 Å². The second-order valence-corrected chi connectivity index (χ2v) is 4.46. The summed E-state index contributed by atoms with van der Waals surface area (Å²) in [6.45, 7) is 0. The van der Waals surface area contributed by atoms with Crippen LogP contribution in [0.5, 0.6) is 0 Å². The molecule has 16 heavy (non-hydrogen) atoms. The van der Waals surface area contributed by atoms with Crippen LogP contribution in [0.4, 0.5) is 0 Å². The molecule has 1 N–H and O–H groups in total. The SMILES string of the molecule is C#CCC[C@H]1CCCCC[C@@]1(C#C)C(=O)O. The number of rotatable bonds is 3. The minimum Gasteiger partial charge on any atom is -0.480 e. The zero-order valence-corrected chi connectivity index (χ0v) is 9.54. The number of hydrogen-bond donors (Lipinski definition) is 1. The van der Waals surface area contributed by atoms with Crippen LogP contribution in [0.2, 0.25) is 0 Å². The summed E-state index contributed by atoms with van der Waals surface area (Å²) < 4.78 is 0. The molecule has 0 bridgehead atoms. The van der Waals surface area contributed by atoms with E-state index in [0.717, 1.165) is 32.1 Å². The number of carbonyl (C=O) groups is 1. The fraction of sp³-hybridized carbons (Fsp3) is 0.643. The average Bonchev–Trinajstić information content (AvgIpc) is 2.48. The van der Waals surface area contributed by atoms with E-state index in [2.05, 4.69) is 11.8 Å². The van der Waals surface area contributed by atoms with E-state index in [1.807, 2.05) is 0 Å². The minimum absolute atomic E-state index is 0.0357. The monoisotopic (exact) mass is 218 g/mol. The van der Waals surface area contributed by atoms with Gasteiger partial charge in [0, 0.05) is 6.42 Å². The molecular weight excluding hydrogens is 200 g/mol. The van der Waals surface area contributed by atoms with Crippen LogP contribution >= 0.6 is 0 Å². The van der Waals surface area contributed by atoms with E-state index in [1.54, 1.807) is 0 Å². The largest absolute Gasteiger partial charge is 0.480 e. The maximum atomic E-state index is 11.4. The molecule has 0 radical (unpaired) electrons. The molecule has 86 valence electrons. The van der Waals surface area contributed by atoms with Crippen LogP contribution < -0.4 is 0 Å². The number of terminal acetylenes is 2. The van der Waals surface area contributed by atoms with Gasteiger partial charge in [0.15, 0.2) is 0 Å². The van der Waals surface area contributed by atoms with E-state index in [1.165, 1.54) is 0 Å². The van der Waals surface area contributed by atoms with Crippen LogP contribution in [0, 0.1) is 36.0 Å². The summed E-state index contributed by atoms with van der Waals surface area (Å²) >= 11 is 0. The Kier molecular flexibility index (Phi) is 4.44.